The van der Waals surface area contributed by atoms with E-state index in [-0.39, 0.29) is 11.6 Å². The summed E-state index contributed by atoms with van der Waals surface area (Å²) in [4.78, 5) is 23.9. The highest BCUT2D eigenvalue weighted by molar-refractivity contribution is 5.96. The average molecular weight is 358 g/mol. The molecule has 26 heavy (non-hydrogen) atoms. The van der Waals surface area contributed by atoms with Gasteiger partial charge in [0.25, 0.3) is 5.91 Å². The number of benzene rings is 1. The molecule has 8 nitrogen and oxygen atoms in total. The Balaban J connectivity index is 2.01. The maximum atomic E-state index is 12.0. The highest BCUT2D eigenvalue weighted by Gasteiger charge is 2.13. The molecule has 1 aromatic heterocycles. The number of nitrogens with zero attached hydrogens (tertiary/aromatic N) is 2. The Morgan fingerprint density at radius 3 is 2.62 bits per heavy atom. The smallest absolute Gasteiger partial charge is 0.340 e. The number of rotatable bonds is 9. The van der Waals surface area contributed by atoms with Crippen molar-refractivity contribution in [3.63, 3.8) is 0 Å². The lowest BCUT2D eigenvalue weighted by Gasteiger charge is -2.10. The predicted molar refractivity (Wildman–Crippen MR) is 96.5 cm³/mol. The number of ether oxygens (including phenoxy) is 2. The first-order valence-electron chi connectivity index (χ1n) is 8.29. The molecular weight excluding hydrogens is 336 g/mol. The lowest BCUT2D eigenvalue weighted by molar-refractivity contribution is 0.0527. The van der Waals surface area contributed by atoms with E-state index in [1.807, 2.05) is 0 Å². The Bertz CT molecular complexity index is 734. The van der Waals surface area contributed by atoms with Crippen molar-refractivity contribution in [2.24, 2.45) is 0 Å². The van der Waals surface area contributed by atoms with Crippen molar-refractivity contribution in [2.45, 2.75) is 13.3 Å². The molecule has 1 aromatic carbocycles. The topological polar surface area (TPSA) is 102 Å². The number of anilines is 2. The SMILES string of the molecule is CCOC(=O)c1ccccc1Nc1ccc(C(=O)NCCCOC)nn1. The third-order valence-corrected chi connectivity index (χ3v) is 3.39. The van der Waals surface area contributed by atoms with E-state index in [1.165, 1.54) is 0 Å². The summed E-state index contributed by atoms with van der Waals surface area (Å²) >= 11 is 0. The number of nitrogens with one attached hydrogen (secondary N) is 2. The summed E-state index contributed by atoms with van der Waals surface area (Å²) in [6, 6.07) is 10.1. The Labute approximate surface area is 151 Å². The van der Waals surface area contributed by atoms with Crippen LogP contribution in [0.15, 0.2) is 36.4 Å². The van der Waals surface area contributed by atoms with Crippen LogP contribution in [0.2, 0.25) is 0 Å². The summed E-state index contributed by atoms with van der Waals surface area (Å²) < 4.78 is 9.96. The minimum atomic E-state index is -0.421. The van der Waals surface area contributed by atoms with Crippen LogP contribution < -0.4 is 10.6 Å². The number of amides is 1. The molecule has 1 amide bonds. The van der Waals surface area contributed by atoms with E-state index in [0.717, 1.165) is 6.42 Å². The lowest BCUT2D eigenvalue weighted by atomic mass is 10.2. The first-order chi connectivity index (χ1) is 12.7. The second-order valence-electron chi connectivity index (χ2n) is 5.30. The van der Waals surface area contributed by atoms with E-state index in [4.69, 9.17) is 9.47 Å². The maximum Gasteiger partial charge on any atom is 0.340 e. The molecule has 0 aliphatic rings. The second-order valence-corrected chi connectivity index (χ2v) is 5.30. The van der Waals surface area contributed by atoms with Crippen molar-refractivity contribution in [2.75, 3.05) is 32.2 Å². The predicted octanol–water partition coefficient (Wildman–Crippen LogP) is 2.16. The molecule has 0 unspecified atom stereocenters. The van der Waals surface area contributed by atoms with E-state index >= 15 is 0 Å². The molecule has 0 fully saturated rings. The second kappa shape index (κ2) is 10.1. The number of aromatic nitrogens is 2. The van der Waals surface area contributed by atoms with E-state index in [0.29, 0.717) is 36.8 Å². The molecule has 0 radical (unpaired) electrons. The lowest BCUT2D eigenvalue weighted by Crippen LogP contribution is -2.26. The molecule has 0 aliphatic carbocycles. The quantitative estimate of drug-likeness (QED) is 0.523. The van der Waals surface area contributed by atoms with Gasteiger partial charge in [-0.25, -0.2) is 4.79 Å². The Morgan fingerprint density at radius 1 is 1.12 bits per heavy atom. The summed E-state index contributed by atoms with van der Waals surface area (Å²) in [5.41, 5.74) is 1.17. The molecule has 8 heteroatoms. The van der Waals surface area contributed by atoms with Gasteiger partial charge in [-0.3, -0.25) is 4.79 Å². The first kappa shape index (κ1) is 19.3. The van der Waals surface area contributed by atoms with E-state index in [1.54, 1.807) is 50.4 Å². The third-order valence-electron chi connectivity index (χ3n) is 3.39. The zero-order chi connectivity index (χ0) is 18.8. The average Bonchev–Trinajstić information content (AvgIpc) is 2.66. The van der Waals surface area contributed by atoms with E-state index < -0.39 is 5.97 Å². The highest BCUT2D eigenvalue weighted by atomic mass is 16.5. The van der Waals surface area contributed by atoms with Crippen molar-refractivity contribution in [1.82, 2.24) is 15.5 Å². The number of para-hydroxylation sites is 1. The summed E-state index contributed by atoms with van der Waals surface area (Å²) in [7, 11) is 1.61. The van der Waals surface area contributed by atoms with Crippen LogP contribution in [-0.4, -0.2) is 48.9 Å². The van der Waals surface area contributed by atoms with Gasteiger partial charge in [0.15, 0.2) is 11.5 Å². The number of carbonyl (C=O) groups is 2. The van der Waals surface area contributed by atoms with Crippen LogP contribution in [0.3, 0.4) is 0 Å². The normalized spacial score (nSPS) is 10.2. The molecule has 2 N–H and O–H groups in total. The molecule has 138 valence electrons. The van der Waals surface area contributed by atoms with Crippen molar-refractivity contribution in [3.05, 3.63) is 47.7 Å². The summed E-state index contributed by atoms with van der Waals surface area (Å²) in [5, 5.41) is 13.7. The van der Waals surface area contributed by atoms with Crippen LogP contribution >= 0.6 is 0 Å². The van der Waals surface area contributed by atoms with Gasteiger partial charge in [0.1, 0.15) is 0 Å². The minimum Gasteiger partial charge on any atom is -0.462 e. The largest absolute Gasteiger partial charge is 0.462 e. The van der Waals surface area contributed by atoms with Gasteiger partial charge in [-0.1, -0.05) is 12.1 Å². The number of hydrogen-bond acceptors (Lipinski definition) is 7. The standard InChI is InChI=1S/C18H22N4O4/c1-3-26-18(24)13-7-4-5-8-14(13)20-16-10-9-15(21-22-16)17(23)19-11-6-12-25-2/h4-5,7-10H,3,6,11-12H2,1-2H3,(H,19,23)(H,20,22). The number of carbonyl (C=O) groups excluding carboxylic acids is 2. The molecular formula is C18H22N4O4. The van der Waals surface area contributed by atoms with Crippen LogP contribution in [0, 0.1) is 0 Å². The van der Waals surface area contributed by atoms with Crippen LogP contribution in [0.1, 0.15) is 34.2 Å². The molecule has 0 saturated carbocycles. The molecule has 2 rings (SSSR count). The van der Waals surface area contributed by atoms with Gasteiger partial charge in [-0.15, -0.1) is 10.2 Å². The minimum absolute atomic E-state index is 0.214. The Kier molecular flexibility index (Phi) is 7.50. The van der Waals surface area contributed by atoms with E-state index in [2.05, 4.69) is 20.8 Å². The van der Waals surface area contributed by atoms with Crippen LogP contribution in [0.5, 0.6) is 0 Å². The first-order valence-corrected chi connectivity index (χ1v) is 8.29. The zero-order valence-corrected chi connectivity index (χ0v) is 14.8. The fourth-order valence-electron chi connectivity index (χ4n) is 2.15. The van der Waals surface area contributed by atoms with Crippen molar-refractivity contribution in [1.29, 1.82) is 0 Å². The molecule has 0 spiro atoms. The van der Waals surface area contributed by atoms with Crippen molar-refractivity contribution in [3.8, 4) is 0 Å². The zero-order valence-electron chi connectivity index (χ0n) is 14.8. The Morgan fingerprint density at radius 2 is 1.92 bits per heavy atom. The maximum absolute atomic E-state index is 12.0. The monoisotopic (exact) mass is 358 g/mol. The van der Waals surface area contributed by atoms with Gasteiger partial charge in [-0.05, 0) is 37.6 Å². The molecule has 0 aliphatic heterocycles. The molecule has 0 atom stereocenters. The third kappa shape index (κ3) is 5.52. The van der Waals surface area contributed by atoms with Gasteiger partial charge in [0.05, 0.1) is 17.9 Å². The number of methoxy groups -OCH3 is 1. The Hall–Kier alpha value is -3.00. The number of esters is 1. The molecule has 0 bridgehead atoms. The summed E-state index contributed by atoms with van der Waals surface area (Å²) in [6.45, 7) is 3.12. The van der Waals surface area contributed by atoms with Crippen LogP contribution in [0.25, 0.3) is 0 Å². The van der Waals surface area contributed by atoms with E-state index in [9.17, 15) is 9.59 Å². The van der Waals surface area contributed by atoms with Gasteiger partial charge in [-0.2, -0.15) is 0 Å². The van der Waals surface area contributed by atoms with Gasteiger partial charge < -0.3 is 20.1 Å². The number of hydrogen-bond donors (Lipinski definition) is 2. The molecule has 0 saturated heterocycles. The van der Waals surface area contributed by atoms with Gasteiger partial charge in [0.2, 0.25) is 0 Å². The summed E-state index contributed by atoms with van der Waals surface area (Å²) in [5.74, 6) is -0.305. The molecule has 2 aromatic rings. The van der Waals surface area contributed by atoms with Crippen LogP contribution in [0.4, 0.5) is 11.5 Å². The molecule has 1 heterocycles. The van der Waals surface area contributed by atoms with Crippen LogP contribution in [-0.2, 0) is 9.47 Å². The van der Waals surface area contributed by atoms with Gasteiger partial charge >= 0.3 is 5.97 Å². The fourth-order valence-corrected chi connectivity index (χ4v) is 2.15. The fraction of sp³-hybridized carbons (Fsp3) is 0.333. The highest BCUT2D eigenvalue weighted by Crippen LogP contribution is 2.20. The van der Waals surface area contributed by atoms with Crippen molar-refractivity contribution >= 4 is 23.4 Å². The summed E-state index contributed by atoms with van der Waals surface area (Å²) in [6.07, 6.45) is 0.722. The van der Waals surface area contributed by atoms with Gasteiger partial charge in [0, 0.05) is 20.3 Å². The van der Waals surface area contributed by atoms with Crippen molar-refractivity contribution < 1.29 is 19.1 Å².